The van der Waals surface area contributed by atoms with Gasteiger partial charge in [-0.05, 0) is 42.7 Å². The van der Waals surface area contributed by atoms with Gasteiger partial charge in [0.05, 0.1) is 23.6 Å². The molecule has 2 aromatic carbocycles. The summed E-state index contributed by atoms with van der Waals surface area (Å²) in [7, 11) is 1.63. The fraction of sp³-hybridized carbons (Fsp3) is 0.286. The van der Waals surface area contributed by atoms with Gasteiger partial charge < -0.3 is 15.0 Å². The first-order chi connectivity index (χ1) is 13.1. The summed E-state index contributed by atoms with van der Waals surface area (Å²) in [6.45, 7) is 0. The molecule has 0 radical (unpaired) electrons. The van der Waals surface area contributed by atoms with Crippen LogP contribution in [0.1, 0.15) is 41.9 Å². The van der Waals surface area contributed by atoms with Crippen LogP contribution in [-0.4, -0.2) is 23.0 Å². The van der Waals surface area contributed by atoms with Gasteiger partial charge in [-0.25, -0.2) is 4.98 Å². The number of benzene rings is 2. The van der Waals surface area contributed by atoms with Gasteiger partial charge in [-0.15, -0.1) is 0 Å². The predicted octanol–water partition coefficient (Wildman–Crippen LogP) is 3.13. The molecule has 0 unspecified atom stereocenters. The minimum Gasteiger partial charge on any atom is -0.497 e. The Morgan fingerprint density at radius 2 is 1.81 bits per heavy atom. The Labute approximate surface area is 156 Å². The Bertz CT molecular complexity index is 1030. The lowest BCUT2D eigenvalue weighted by Gasteiger charge is -2.31. The van der Waals surface area contributed by atoms with Crippen molar-refractivity contribution in [1.82, 2.24) is 15.3 Å². The van der Waals surface area contributed by atoms with Crippen molar-refractivity contribution >= 4 is 16.8 Å². The number of fused-ring (bicyclic) bond motifs is 1. The molecule has 3 aromatic rings. The number of carbonyl (C=O) groups is 1. The molecule has 1 aromatic heterocycles. The fourth-order valence-corrected chi connectivity index (χ4v) is 3.84. The van der Waals surface area contributed by atoms with E-state index in [1.165, 1.54) is 0 Å². The van der Waals surface area contributed by atoms with Crippen LogP contribution >= 0.6 is 0 Å². The summed E-state index contributed by atoms with van der Waals surface area (Å²) in [5.74, 6) is 0.452. The molecule has 1 aliphatic carbocycles. The third kappa shape index (κ3) is 3.18. The number of para-hydroxylation sites is 1. The maximum absolute atomic E-state index is 12.9. The number of ether oxygens (including phenoxy) is 1. The van der Waals surface area contributed by atoms with E-state index >= 15 is 0 Å². The average Bonchev–Trinajstić information content (AvgIpc) is 3.17. The molecule has 1 saturated carbocycles. The lowest BCUT2D eigenvalue weighted by Crippen LogP contribution is -2.44. The molecule has 1 amide bonds. The van der Waals surface area contributed by atoms with Gasteiger partial charge in [0.2, 0.25) is 0 Å². The van der Waals surface area contributed by atoms with E-state index in [2.05, 4.69) is 15.3 Å². The molecule has 0 saturated heterocycles. The zero-order valence-corrected chi connectivity index (χ0v) is 15.1. The molecule has 4 rings (SSSR count). The molecular formula is C21H21N3O3. The molecule has 6 nitrogen and oxygen atoms in total. The van der Waals surface area contributed by atoms with E-state index in [0.29, 0.717) is 10.9 Å². The zero-order valence-electron chi connectivity index (χ0n) is 15.1. The monoisotopic (exact) mass is 363 g/mol. The molecule has 1 fully saturated rings. The molecule has 6 heteroatoms. The summed E-state index contributed by atoms with van der Waals surface area (Å²) in [5.41, 5.74) is 0.789. The van der Waals surface area contributed by atoms with Crippen LogP contribution in [0, 0.1) is 0 Å². The summed E-state index contributed by atoms with van der Waals surface area (Å²) >= 11 is 0. The van der Waals surface area contributed by atoms with Crippen LogP contribution < -0.4 is 15.6 Å². The van der Waals surface area contributed by atoms with Gasteiger partial charge in [0.25, 0.3) is 11.5 Å². The van der Waals surface area contributed by atoms with E-state index in [1.54, 1.807) is 31.4 Å². The van der Waals surface area contributed by atoms with Crippen LogP contribution in [0.5, 0.6) is 5.75 Å². The smallest absolute Gasteiger partial charge is 0.287 e. The van der Waals surface area contributed by atoms with E-state index < -0.39 is 5.54 Å². The predicted molar refractivity (Wildman–Crippen MR) is 103 cm³/mol. The number of carbonyl (C=O) groups excluding carboxylic acids is 1. The summed E-state index contributed by atoms with van der Waals surface area (Å²) in [6, 6.07) is 14.8. The number of H-pyrrole nitrogens is 1. The Balaban J connectivity index is 1.67. The zero-order chi connectivity index (χ0) is 18.9. The van der Waals surface area contributed by atoms with E-state index in [0.717, 1.165) is 37.0 Å². The summed E-state index contributed by atoms with van der Waals surface area (Å²) in [6.07, 6.45) is 3.77. The third-order valence-electron chi connectivity index (χ3n) is 5.28. The number of hydrogen-bond donors (Lipinski definition) is 2. The van der Waals surface area contributed by atoms with E-state index in [-0.39, 0.29) is 17.3 Å². The SMILES string of the molecule is COc1ccc(C2(NC(=O)c3nc4ccccc4c(=O)[nH]3)CCCC2)cc1. The summed E-state index contributed by atoms with van der Waals surface area (Å²) in [4.78, 5) is 32.2. The number of amides is 1. The van der Waals surface area contributed by atoms with Crippen molar-refractivity contribution in [1.29, 1.82) is 0 Å². The minimum atomic E-state index is -0.451. The highest BCUT2D eigenvalue weighted by Gasteiger charge is 2.37. The molecule has 1 aliphatic rings. The number of aromatic amines is 1. The molecule has 0 aliphatic heterocycles. The second kappa shape index (κ2) is 6.87. The topological polar surface area (TPSA) is 84.1 Å². The number of nitrogens with one attached hydrogen (secondary N) is 2. The van der Waals surface area contributed by atoms with Crippen LogP contribution in [0.4, 0.5) is 0 Å². The van der Waals surface area contributed by atoms with Crippen LogP contribution in [0.2, 0.25) is 0 Å². The molecule has 0 bridgehead atoms. The highest BCUT2D eigenvalue weighted by Crippen LogP contribution is 2.39. The second-order valence-electron chi connectivity index (χ2n) is 6.90. The van der Waals surface area contributed by atoms with Gasteiger partial charge in [0, 0.05) is 0 Å². The Morgan fingerprint density at radius 3 is 2.52 bits per heavy atom. The Kier molecular flexibility index (Phi) is 4.39. The first kappa shape index (κ1) is 17.3. The molecule has 27 heavy (non-hydrogen) atoms. The van der Waals surface area contributed by atoms with Crippen molar-refractivity contribution < 1.29 is 9.53 Å². The maximum atomic E-state index is 12.9. The number of aromatic nitrogens is 2. The van der Waals surface area contributed by atoms with Gasteiger partial charge in [-0.3, -0.25) is 9.59 Å². The van der Waals surface area contributed by atoms with E-state index in [1.807, 2.05) is 24.3 Å². The molecule has 0 atom stereocenters. The highest BCUT2D eigenvalue weighted by atomic mass is 16.5. The number of methoxy groups -OCH3 is 1. The molecule has 0 spiro atoms. The van der Waals surface area contributed by atoms with Gasteiger partial charge in [-0.2, -0.15) is 0 Å². The van der Waals surface area contributed by atoms with Gasteiger partial charge in [0.1, 0.15) is 5.75 Å². The van der Waals surface area contributed by atoms with Gasteiger partial charge >= 0.3 is 0 Å². The average molecular weight is 363 g/mol. The van der Waals surface area contributed by atoms with Crippen molar-refractivity contribution in [2.24, 2.45) is 0 Å². The van der Waals surface area contributed by atoms with Crippen molar-refractivity contribution in [3.05, 3.63) is 70.3 Å². The lowest BCUT2D eigenvalue weighted by molar-refractivity contribution is 0.0887. The number of rotatable bonds is 4. The largest absolute Gasteiger partial charge is 0.497 e. The second-order valence-corrected chi connectivity index (χ2v) is 6.90. The van der Waals surface area contributed by atoms with Crippen molar-refractivity contribution in [3.8, 4) is 5.75 Å². The molecule has 138 valence electrons. The van der Waals surface area contributed by atoms with Gasteiger partial charge in [0.15, 0.2) is 5.82 Å². The minimum absolute atomic E-state index is 0.0403. The number of hydrogen-bond acceptors (Lipinski definition) is 4. The van der Waals surface area contributed by atoms with Crippen LogP contribution in [0.15, 0.2) is 53.3 Å². The number of nitrogens with zero attached hydrogens (tertiary/aromatic N) is 1. The normalized spacial score (nSPS) is 15.6. The van der Waals surface area contributed by atoms with Crippen LogP contribution in [-0.2, 0) is 5.54 Å². The maximum Gasteiger partial charge on any atom is 0.287 e. The summed E-state index contributed by atoms with van der Waals surface area (Å²) in [5, 5.41) is 3.61. The molecule has 1 heterocycles. The van der Waals surface area contributed by atoms with Crippen LogP contribution in [0.25, 0.3) is 10.9 Å². The third-order valence-corrected chi connectivity index (χ3v) is 5.28. The van der Waals surface area contributed by atoms with Crippen molar-refractivity contribution in [3.63, 3.8) is 0 Å². The van der Waals surface area contributed by atoms with E-state index in [4.69, 9.17) is 4.74 Å². The van der Waals surface area contributed by atoms with Crippen molar-refractivity contribution in [2.75, 3.05) is 7.11 Å². The van der Waals surface area contributed by atoms with Gasteiger partial charge in [-0.1, -0.05) is 37.1 Å². The Morgan fingerprint density at radius 1 is 1.11 bits per heavy atom. The van der Waals surface area contributed by atoms with Crippen LogP contribution in [0.3, 0.4) is 0 Å². The fourth-order valence-electron chi connectivity index (χ4n) is 3.84. The molecular weight excluding hydrogens is 342 g/mol. The standard InChI is InChI=1S/C21H21N3O3/c1-27-15-10-8-14(9-11-15)21(12-4-5-13-21)24-20(26)18-22-17-7-3-2-6-16(17)19(25)23-18/h2-3,6-11H,4-5,12-13H2,1H3,(H,24,26)(H,22,23,25). The van der Waals surface area contributed by atoms with E-state index in [9.17, 15) is 9.59 Å². The first-order valence-electron chi connectivity index (χ1n) is 9.07. The first-order valence-corrected chi connectivity index (χ1v) is 9.07. The highest BCUT2D eigenvalue weighted by molar-refractivity contribution is 5.93. The quantitative estimate of drug-likeness (QED) is 0.746. The van der Waals surface area contributed by atoms with Crippen molar-refractivity contribution in [2.45, 2.75) is 31.2 Å². The lowest BCUT2D eigenvalue weighted by atomic mass is 9.88. The summed E-state index contributed by atoms with van der Waals surface area (Å²) < 4.78 is 5.23. The molecule has 2 N–H and O–H groups in total. The Hall–Kier alpha value is -3.15.